The van der Waals surface area contributed by atoms with Gasteiger partial charge in [0.2, 0.25) is 0 Å². The molecule has 0 fully saturated rings. The van der Waals surface area contributed by atoms with Crippen molar-refractivity contribution in [1.82, 2.24) is 0 Å². The van der Waals surface area contributed by atoms with Crippen LogP contribution in [0.25, 0.3) is 0 Å². The van der Waals surface area contributed by atoms with Crippen molar-refractivity contribution in [2.24, 2.45) is 0 Å². The molecule has 2 heteroatoms. The van der Waals surface area contributed by atoms with Crippen LogP contribution in [0.15, 0.2) is 0 Å². The van der Waals surface area contributed by atoms with Gasteiger partial charge in [0.1, 0.15) is 0 Å². The van der Waals surface area contributed by atoms with Crippen LogP contribution in [0.3, 0.4) is 0 Å². The number of halogens is 1. The third-order valence-electron chi connectivity index (χ3n) is 5.08. The number of rotatable bonds is 21. The van der Waals surface area contributed by atoms with Crippen LogP contribution in [0.5, 0.6) is 0 Å². The van der Waals surface area contributed by atoms with Crippen molar-refractivity contribution in [1.29, 1.82) is 0 Å². The smallest absolute Gasteiger partial charge is 0.0987 e. The lowest BCUT2D eigenvalue weighted by Crippen LogP contribution is -1.86. The third kappa shape index (κ3) is 22.4. The SMILES string of the molecule is CCCCCCCCCCCCCCCCCCCCCCOBr. The van der Waals surface area contributed by atoms with Crippen LogP contribution < -0.4 is 0 Å². The summed E-state index contributed by atoms with van der Waals surface area (Å²) in [5.74, 6) is 0. The molecule has 0 unspecified atom stereocenters. The summed E-state index contributed by atoms with van der Waals surface area (Å²) in [4.78, 5) is 0. The van der Waals surface area contributed by atoms with Crippen LogP contribution in [-0.4, -0.2) is 6.61 Å². The highest BCUT2D eigenvalue weighted by atomic mass is 79.9. The second-order valence-corrected chi connectivity index (χ2v) is 7.99. The Balaban J connectivity index is 2.93. The Bertz CT molecular complexity index is 186. The van der Waals surface area contributed by atoms with Crippen LogP contribution in [0.2, 0.25) is 0 Å². The first-order valence-electron chi connectivity index (χ1n) is 11.2. The van der Waals surface area contributed by atoms with Crippen molar-refractivity contribution in [2.75, 3.05) is 6.61 Å². The maximum Gasteiger partial charge on any atom is 0.0987 e. The van der Waals surface area contributed by atoms with Crippen molar-refractivity contribution in [3.63, 3.8) is 0 Å². The Hall–Kier alpha value is 0.440. The fourth-order valence-corrected chi connectivity index (χ4v) is 3.64. The zero-order valence-electron chi connectivity index (χ0n) is 16.6. The molecule has 0 aliphatic heterocycles. The minimum Gasteiger partial charge on any atom is -0.308 e. The topological polar surface area (TPSA) is 9.23 Å². The Morgan fingerprint density at radius 3 is 0.917 bits per heavy atom. The first-order valence-corrected chi connectivity index (χ1v) is 11.8. The summed E-state index contributed by atoms with van der Waals surface area (Å²) in [6.45, 7) is 3.16. The Labute approximate surface area is 162 Å². The first-order chi connectivity index (χ1) is 11.9. The molecule has 0 N–H and O–H groups in total. The van der Waals surface area contributed by atoms with Crippen molar-refractivity contribution in [3.8, 4) is 0 Å². The highest BCUT2D eigenvalue weighted by molar-refractivity contribution is 9.06. The lowest BCUT2D eigenvalue weighted by Gasteiger charge is -2.04. The van der Waals surface area contributed by atoms with Crippen molar-refractivity contribution in [2.45, 2.75) is 135 Å². The van der Waals surface area contributed by atoms with Gasteiger partial charge >= 0.3 is 0 Å². The number of hydrogen-bond donors (Lipinski definition) is 0. The maximum absolute atomic E-state index is 4.89. The van der Waals surface area contributed by atoms with Gasteiger partial charge < -0.3 is 3.83 Å². The molecule has 0 atom stereocenters. The summed E-state index contributed by atoms with van der Waals surface area (Å²) in [6.07, 6.45) is 28.7. The van der Waals surface area contributed by atoms with Gasteiger partial charge in [0.25, 0.3) is 0 Å². The third-order valence-corrected chi connectivity index (χ3v) is 5.40. The Morgan fingerprint density at radius 2 is 0.667 bits per heavy atom. The fourth-order valence-electron chi connectivity index (χ4n) is 3.41. The van der Waals surface area contributed by atoms with E-state index in [1.165, 1.54) is 128 Å². The van der Waals surface area contributed by atoms with Gasteiger partial charge in [-0.3, -0.25) is 0 Å². The summed E-state index contributed by atoms with van der Waals surface area (Å²) >= 11 is 3.00. The molecular weight excluding hydrogens is 360 g/mol. The van der Waals surface area contributed by atoms with Gasteiger partial charge in [0.05, 0.1) is 22.9 Å². The zero-order valence-corrected chi connectivity index (χ0v) is 18.2. The summed E-state index contributed by atoms with van der Waals surface area (Å²) in [5, 5.41) is 0. The minimum absolute atomic E-state index is 0.860. The molecule has 146 valence electrons. The van der Waals surface area contributed by atoms with E-state index >= 15 is 0 Å². The molecule has 0 aromatic heterocycles. The zero-order chi connectivity index (χ0) is 17.6. The predicted octanol–water partition coefficient (Wildman–Crippen LogP) is 9.13. The second-order valence-electron chi connectivity index (χ2n) is 7.53. The summed E-state index contributed by atoms with van der Waals surface area (Å²) in [7, 11) is 0. The van der Waals surface area contributed by atoms with E-state index in [4.69, 9.17) is 3.83 Å². The molecule has 0 amide bonds. The van der Waals surface area contributed by atoms with Gasteiger partial charge in [-0.05, 0) is 6.42 Å². The fraction of sp³-hybridized carbons (Fsp3) is 1.00. The summed E-state index contributed by atoms with van der Waals surface area (Å²) in [5.41, 5.74) is 0. The molecule has 1 nitrogen and oxygen atoms in total. The molecule has 0 aliphatic rings. The average molecular weight is 406 g/mol. The Morgan fingerprint density at radius 1 is 0.417 bits per heavy atom. The van der Waals surface area contributed by atoms with Gasteiger partial charge in [0, 0.05) is 0 Å². The lowest BCUT2D eigenvalue weighted by molar-refractivity contribution is 0.374. The van der Waals surface area contributed by atoms with Crippen LogP contribution in [-0.2, 0) is 3.83 Å². The molecule has 24 heavy (non-hydrogen) atoms. The standard InChI is InChI=1S/C22H45BrO/c1-2-3-4-5-6-7-8-9-10-11-12-13-14-15-16-17-18-19-20-21-22-24-23/h2-22H2,1H3. The Kier molecular flexibility index (Phi) is 23.9. The minimum atomic E-state index is 0.860. The van der Waals surface area contributed by atoms with Crippen LogP contribution in [0, 0.1) is 0 Å². The van der Waals surface area contributed by atoms with Gasteiger partial charge in [-0.15, -0.1) is 0 Å². The molecule has 0 saturated carbocycles. The predicted molar refractivity (Wildman–Crippen MR) is 113 cm³/mol. The van der Waals surface area contributed by atoms with E-state index in [2.05, 4.69) is 23.2 Å². The molecular formula is C22H45BrO. The van der Waals surface area contributed by atoms with E-state index in [9.17, 15) is 0 Å². The van der Waals surface area contributed by atoms with Crippen LogP contribution in [0.4, 0.5) is 0 Å². The highest BCUT2D eigenvalue weighted by Crippen LogP contribution is 2.14. The van der Waals surface area contributed by atoms with Crippen molar-refractivity contribution in [3.05, 3.63) is 0 Å². The maximum atomic E-state index is 4.89. The summed E-state index contributed by atoms with van der Waals surface area (Å²) < 4.78 is 4.89. The van der Waals surface area contributed by atoms with E-state index < -0.39 is 0 Å². The average Bonchev–Trinajstić information content (AvgIpc) is 2.60. The molecule has 0 radical (unpaired) electrons. The normalized spacial score (nSPS) is 11.2. The number of hydrogen-bond acceptors (Lipinski definition) is 1. The van der Waals surface area contributed by atoms with Gasteiger partial charge in [-0.25, -0.2) is 0 Å². The van der Waals surface area contributed by atoms with Crippen molar-refractivity contribution >= 4 is 16.3 Å². The second kappa shape index (κ2) is 23.4. The lowest BCUT2D eigenvalue weighted by atomic mass is 10.0. The number of unbranched alkanes of at least 4 members (excludes halogenated alkanes) is 19. The van der Waals surface area contributed by atoms with Crippen LogP contribution >= 0.6 is 16.3 Å². The summed E-state index contributed by atoms with van der Waals surface area (Å²) in [6, 6.07) is 0. The molecule has 0 heterocycles. The van der Waals surface area contributed by atoms with Gasteiger partial charge in [-0.2, -0.15) is 0 Å². The van der Waals surface area contributed by atoms with E-state index in [1.807, 2.05) is 0 Å². The monoisotopic (exact) mass is 404 g/mol. The molecule has 0 aromatic rings. The first kappa shape index (κ1) is 24.4. The molecule has 0 saturated heterocycles. The largest absolute Gasteiger partial charge is 0.308 e. The highest BCUT2D eigenvalue weighted by Gasteiger charge is 1.95. The van der Waals surface area contributed by atoms with E-state index in [0.717, 1.165) is 6.61 Å². The van der Waals surface area contributed by atoms with E-state index in [0.29, 0.717) is 0 Å². The van der Waals surface area contributed by atoms with E-state index in [1.54, 1.807) is 0 Å². The van der Waals surface area contributed by atoms with Gasteiger partial charge in [0.15, 0.2) is 0 Å². The molecule has 0 rings (SSSR count). The van der Waals surface area contributed by atoms with Gasteiger partial charge in [-0.1, -0.05) is 129 Å². The molecule has 0 bridgehead atoms. The molecule has 0 aromatic carbocycles. The quantitative estimate of drug-likeness (QED) is 0.173. The van der Waals surface area contributed by atoms with Crippen molar-refractivity contribution < 1.29 is 3.83 Å². The van der Waals surface area contributed by atoms with Crippen LogP contribution in [0.1, 0.15) is 135 Å². The van der Waals surface area contributed by atoms with E-state index in [-0.39, 0.29) is 0 Å². The molecule has 0 spiro atoms. The molecule has 0 aliphatic carbocycles.